The van der Waals surface area contributed by atoms with Crippen LogP contribution in [-0.4, -0.2) is 39.5 Å². The molecule has 0 aliphatic rings. The summed E-state index contributed by atoms with van der Waals surface area (Å²) in [7, 11) is 1.35. The van der Waals surface area contributed by atoms with E-state index < -0.39 is 0 Å². The summed E-state index contributed by atoms with van der Waals surface area (Å²) < 4.78 is 14.9. The molecule has 0 N–H and O–H groups in total. The minimum atomic E-state index is -0.346. The zero-order valence-corrected chi connectivity index (χ0v) is 11.2. The first-order chi connectivity index (χ1) is 8.31. The summed E-state index contributed by atoms with van der Waals surface area (Å²) in [5, 5.41) is 0. The highest BCUT2D eigenvalue weighted by molar-refractivity contribution is 5.70. The summed E-state index contributed by atoms with van der Waals surface area (Å²) >= 11 is 0. The van der Waals surface area contributed by atoms with Crippen LogP contribution in [0.4, 0.5) is 0 Å². The van der Waals surface area contributed by atoms with E-state index in [1.54, 1.807) is 0 Å². The molecule has 0 aromatic heterocycles. The molecule has 0 saturated heterocycles. The Bertz CT molecular complexity index is 171. The third-order valence-electron chi connectivity index (χ3n) is 2.46. The smallest absolute Gasteiger partial charge is 0.331 e. The molecule has 0 aliphatic carbocycles. The van der Waals surface area contributed by atoms with Gasteiger partial charge in [-0.2, -0.15) is 0 Å². The third-order valence-corrected chi connectivity index (χ3v) is 2.46. The molecule has 0 aliphatic heterocycles. The standard InChI is InChI=1S/C13H26O4/c1-3-4-5-6-7-8-9-16-10-11-17-12-13(14)15-2/h3-12H2,1-2H3. The largest absolute Gasteiger partial charge is 0.467 e. The average Bonchev–Trinajstić information content (AvgIpc) is 2.35. The molecular weight excluding hydrogens is 220 g/mol. The van der Waals surface area contributed by atoms with E-state index in [4.69, 9.17) is 9.47 Å². The molecule has 0 unspecified atom stereocenters. The second-order valence-corrected chi connectivity index (χ2v) is 4.01. The molecule has 4 nitrogen and oxygen atoms in total. The maximum Gasteiger partial charge on any atom is 0.331 e. The monoisotopic (exact) mass is 246 g/mol. The van der Waals surface area contributed by atoms with Crippen molar-refractivity contribution in [3.63, 3.8) is 0 Å². The SMILES string of the molecule is CCCCCCCCOCCOCC(=O)OC. The molecule has 17 heavy (non-hydrogen) atoms. The Morgan fingerprint density at radius 3 is 2.24 bits per heavy atom. The van der Waals surface area contributed by atoms with Crippen molar-refractivity contribution < 1.29 is 19.0 Å². The van der Waals surface area contributed by atoms with Crippen LogP contribution in [0.15, 0.2) is 0 Å². The maximum atomic E-state index is 10.7. The lowest BCUT2D eigenvalue weighted by Crippen LogP contribution is -2.13. The predicted molar refractivity (Wildman–Crippen MR) is 67.0 cm³/mol. The second-order valence-electron chi connectivity index (χ2n) is 4.01. The van der Waals surface area contributed by atoms with E-state index in [1.165, 1.54) is 39.2 Å². The van der Waals surface area contributed by atoms with Crippen molar-refractivity contribution in [2.45, 2.75) is 45.4 Å². The van der Waals surface area contributed by atoms with Crippen LogP contribution < -0.4 is 0 Å². The van der Waals surface area contributed by atoms with Crippen LogP contribution in [-0.2, 0) is 19.0 Å². The van der Waals surface area contributed by atoms with Gasteiger partial charge in [0, 0.05) is 6.61 Å². The number of rotatable bonds is 12. The molecule has 4 heteroatoms. The van der Waals surface area contributed by atoms with Gasteiger partial charge in [-0.05, 0) is 6.42 Å². The van der Waals surface area contributed by atoms with E-state index in [2.05, 4.69) is 11.7 Å². The number of unbranched alkanes of at least 4 members (excludes halogenated alkanes) is 5. The van der Waals surface area contributed by atoms with Crippen LogP contribution in [0, 0.1) is 0 Å². The highest BCUT2D eigenvalue weighted by atomic mass is 16.6. The highest BCUT2D eigenvalue weighted by Crippen LogP contribution is 2.04. The molecule has 0 heterocycles. The number of hydrogen-bond donors (Lipinski definition) is 0. The molecule has 0 aromatic rings. The summed E-state index contributed by atoms with van der Waals surface area (Å²) in [6, 6.07) is 0. The predicted octanol–water partition coefficient (Wildman–Crippen LogP) is 2.55. The average molecular weight is 246 g/mol. The van der Waals surface area contributed by atoms with Crippen molar-refractivity contribution >= 4 is 5.97 Å². The third kappa shape index (κ3) is 13.3. The van der Waals surface area contributed by atoms with E-state index in [1.807, 2.05) is 0 Å². The maximum absolute atomic E-state index is 10.7. The summed E-state index contributed by atoms with van der Waals surface area (Å²) in [5.41, 5.74) is 0. The van der Waals surface area contributed by atoms with E-state index in [0.29, 0.717) is 13.2 Å². The van der Waals surface area contributed by atoms with Gasteiger partial charge >= 0.3 is 5.97 Å². The lowest BCUT2D eigenvalue weighted by Gasteiger charge is -2.05. The van der Waals surface area contributed by atoms with E-state index in [0.717, 1.165) is 13.0 Å². The zero-order chi connectivity index (χ0) is 12.8. The number of ether oxygens (including phenoxy) is 3. The van der Waals surface area contributed by atoms with Crippen LogP contribution in [0.25, 0.3) is 0 Å². The quantitative estimate of drug-likeness (QED) is 0.392. The van der Waals surface area contributed by atoms with Crippen molar-refractivity contribution in [2.24, 2.45) is 0 Å². The molecule has 0 fully saturated rings. The van der Waals surface area contributed by atoms with Gasteiger partial charge in [-0.3, -0.25) is 0 Å². The van der Waals surface area contributed by atoms with Gasteiger partial charge in [0.1, 0.15) is 6.61 Å². The van der Waals surface area contributed by atoms with Crippen molar-refractivity contribution in [3.05, 3.63) is 0 Å². The molecule has 0 radical (unpaired) electrons. The fourth-order valence-corrected chi connectivity index (χ4v) is 1.42. The van der Waals surface area contributed by atoms with Gasteiger partial charge in [0.2, 0.25) is 0 Å². The summed E-state index contributed by atoms with van der Waals surface area (Å²) in [6.45, 7) is 4.01. The van der Waals surface area contributed by atoms with Gasteiger partial charge in [-0.25, -0.2) is 4.79 Å². The molecule has 0 aromatic carbocycles. The minimum absolute atomic E-state index is 0.0108. The Morgan fingerprint density at radius 2 is 1.53 bits per heavy atom. The van der Waals surface area contributed by atoms with E-state index in [-0.39, 0.29) is 12.6 Å². The molecule has 0 amide bonds. The fourth-order valence-electron chi connectivity index (χ4n) is 1.42. The normalized spacial score (nSPS) is 10.5. The van der Waals surface area contributed by atoms with Crippen LogP contribution in [0.1, 0.15) is 45.4 Å². The van der Waals surface area contributed by atoms with Crippen LogP contribution in [0.5, 0.6) is 0 Å². The topological polar surface area (TPSA) is 44.8 Å². The Hall–Kier alpha value is -0.610. The lowest BCUT2D eigenvalue weighted by molar-refractivity contribution is -0.146. The Morgan fingerprint density at radius 1 is 0.882 bits per heavy atom. The molecule has 102 valence electrons. The number of methoxy groups -OCH3 is 1. The van der Waals surface area contributed by atoms with Gasteiger partial charge < -0.3 is 14.2 Å². The molecule has 0 atom stereocenters. The van der Waals surface area contributed by atoms with E-state index >= 15 is 0 Å². The highest BCUT2D eigenvalue weighted by Gasteiger charge is 1.98. The number of esters is 1. The van der Waals surface area contributed by atoms with Crippen molar-refractivity contribution in [2.75, 3.05) is 33.5 Å². The first-order valence-electron chi connectivity index (χ1n) is 6.53. The minimum Gasteiger partial charge on any atom is -0.467 e. The first-order valence-corrected chi connectivity index (χ1v) is 6.53. The van der Waals surface area contributed by atoms with Crippen LogP contribution >= 0.6 is 0 Å². The van der Waals surface area contributed by atoms with E-state index in [9.17, 15) is 4.79 Å². The number of hydrogen-bond acceptors (Lipinski definition) is 4. The first kappa shape index (κ1) is 16.4. The summed E-state index contributed by atoms with van der Waals surface area (Å²) in [6.07, 6.45) is 7.61. The van der Waals surface area contributed by atoms with Crippen molar-refractivity contribution in [1.29, 1.82) is 0 Å². The number of carbonyl (C=O) groups is 1. The van der Waals surface area contributed by atoms with Gasteiger partial charge in [0.15, 0.2) is 0 Å². The van der Waals surface area contributed by atoms with Crippen LogP contribution in [0.2, 0.25) is 0 Å². The Kier molecular flexibility index (Phi) is 13.0. The molecule has 0 bridgehead atoms. The lowest BCUT2D eigenvalue weighted by atomic mass is 10.1. The second kappa shape index (κ2) is 13.5. The van der Waals surface area contributed by atoms with Crippen LogP contribution in [0.3, 0.4) is 0 Å². The number of carbonyl (C=O) groups excluding carboxylic acids is 1. The van der Waals surface area contributed by atoms with Crippen molar-refractivity contribution in [1.82, 2.24) is 0 Å². The van der Waals surface area contributed by atoms with Gasteiger partial charge in [0.25, 0.3) is 0 Å². The molecule has 0 spiro atoms. The molecule has 0 saturated carbocycles. The molecule has 0 rings (SSSR count). The van der Waals surface area contributed by atoms with Gasteiger partial charge in [-0.1, -0.05) is 39.0 Å². The Labute approximate surface area is 105 Å². The fraction of sp³-hybridized carbons (Fsp3) is 0.923. The Balaban J connectivity index is 2.96. The summed E-state index contributed by atoms with van der Waals surface area (Å²) in [4.78, 5) is 10.7. The van der Waals surface area contributed by atoms with Gasteiger partial charge in [-0.15, -0.1) is 0 Å². The summed E-state index contributed by atoms with van der Waals surface area (Å²) in [5.74, 6) is -0.346. The molecular formula is C13H26O4. The van der Waals surface area contributed by atoms with Crippen molar-refractivity contribution in [3.8, 4) is 0 Å². The van der Waals surface area contributed by atoms with Gasteiger partial charge in [0.05, 0.1) is 20.3 Å². The zero-order valence-electron chi connectivity index (χ0n) is 11.2.